The van der Waals surface area contributed by atoms with Crippen molar-refractivity contribution in [3.63, 3.8) is 0 Å². The summed E-state index contributed by atoms with van der Waals surface area (Å²) in [5, 5.41) is 1.08. The van der Waals surface area contributed by atoms with Gasteiger partial charge in [-0.25, -0.2) is 13.4 Å². The van der Waals surface area contributed by atoms with Crippen LogP contribution in [0.25, 0.3) is 21.3 Å². The number of carbonyl (C=O) groups excluding carboxylic acids is 3. The van der Waals surface area contributed by atoms with Crippen molar-refractivity contribution in [2.24, 2.45) is 0 Å². The van der Waals surface area contributed by atoms with Crippen LogP contribution in [-0.4, -0.2) is 67.4 Å². The van der Waals surface area contributed by atoms with E-state index in [1.54, 1.807) is 43.3 Å². The molecule has 1 aromatic carbocycles. The van der Waals surface area contributed by atoms with E-state index in [1.165, 1.54) is 11.3 Å². The van der Waals surface area contributed by atoms with E-state index in [-0.39, 0.29) is 61.7 Å². The predicted octanol–water partition coefficient (Wildman–Crippen LogP) is 3.63. The fourth-order valence-electron chi connectivity index (χ4n) is 4.61. The van der Waals surface area contributed by atoms with Crippen LogP contribution in [0.2, 0.25) is 5.02 Å². The Balaban J connectivity index is 0.00000336. The Bertz CT molecular complexity index is 1540. The zero-order chi connectivity index (χ0) is 26.5. The lowest BCUT2D eigenvalue weighted by molar-refractivity contribution is -0.139. The molecule has 2 aromatic heterocycles. The average Bonchev–Trinajstić information content (AvgIpc) is 3.32. The van der Waals surface area contributed by atoms with E-state index in [0.717, 1.165) is 26.3 Å². The standard InChI is InChI=1S/C25H24ClN3O6S2.ClH/c1-28(2)12-21(32)35-15-5-3-14(4-6-15)22-23-16-9-10-37(33,34)13-18(16)36-25(23)27-17(24(22)26)11-29-19(30)7-8-20(29)31;/h3-6H,7-13H2,1-2H3;1H. The number of carbonyl (C=O) groups is 3. The van der Waals surface area contributed by atoms with E-state index in [1.807, 2.05) is 0 Å². The van der Waals surface area contributed by atoms with Crippen LogP contribution < -0.4 is 4.74 Å². The maximum absolute atomic E-state index is 12.3. The number of hydrogen-bond donors (Lipinski definition) is 0. The van der Waals surface area contributed by atoms with E-state index in [0.29, 0.717) is 33.3 Å². The van der Waals surface area contributed by atoms with Crippen molar-refractivity contribution in [3.8, 4) is 16.9 Å². The summed E-state index contributed by atoms with van der Waals surface area (Å²) in [7, 11) is 0.345. The Morgan fingerprint density at radius 2 is 1.79 bits per heavy atom. The molecule has 2 aliphatic rings. The van der Waals surface area contributed by atoms with Gasteiger partial charge in [-0.2, -0.15) is 0 Å². The number of nitrogens with zero attached hydrogens (tertiary/aromatic N) is 3. The quantitative estimate of drug-likeness (QED) is 0.240. The molecule has 2 aliphatic heterocycles. The van der Waals surface area contributed by atoms with Crippen LogP contribution in [0.15, 0.2) is 24.3 Å². The maximum atomic E-state index is 12.3. The van der Waals surface area contributed by atoms with Crippen LogP contribution in [0.3, 0.4) is 0 Å². The summed E-state index contributed by atoms with van der Waals surface area (Å²) >= 11 is 8.22. The number of rotatable bonds is 6. The Kier molecular flexibility index (Phi) is 8.15. The van der Waals surface area contributed by atoms with Crippen LogP contribution >= 0.6 is 35.3 Å². The number of aromatic nitrogens is 1. The topological polar surface area (TPSA) is 114 Å². The Labute approximate surface area is 235 Å². The largest absolute Gasteiger partial charge is 0.426 e. The Morgan fingerprint density at radius 3 is 2.42 bits per heavy atom. The highest BCUT2D eigenvalue weighted by molar-refractivity contribution is 7.90. The molecule has 1 saturated heterocycles. The van der Waals surface area contributed by atoms with Gasteiger partial charge in [-0.05, 0) is 43.8 Å². The van der Waals surface area contributed by atoms with Gasteiger partial charge in [0.25, 0.3) is 0 Å². The van der Waals surface area contributed by atoms with Crippen LogP contribution in [0.4, 0.5) is 0 Å². The molecule has 0 bridgehead atoms. The molecular weight excluding hydrogens is 573 g/mol. The number of fused-ring (bicyclic) bond motifs is 3. The smallest absolute Gasteiger partial charge is 0.325 e. The van der Waals surface area contributed by atoms with Crippen molar-refractivity contribution in [2.45, 2.75) is 31.6 Å². The third-order valence-electron chi connectivity index (χ3n) is 6.33. The summed E-state index contributed by atoms with van der Waals surface area (Å²) in [5.41, 5.74) is 2.65. The minimum atomic E-state index is -3.20. The van der Waals surface area contributed by atoms with E-state index in [9.17, 15) is 22.8 Å². The van der Waals surface area contributed by atoms with Gasteiger partial charge in [0.15, 0.2) is 9.84 Å². The summed E-state index contributed by atoms with van der Waals surface area (Å²) < 4.78 is 30.0. The molecule has 1 fully saturated rings. The van der Waals surface area contributed by atoms with Gasteiger partial charge in [0, 0.05) is 28.7 Å². The normalized spacial score (nSPS) is 16.6. The number of pyridine rings is 1. The van der Waals surface area contributed by atoms with Gasteiger partial charge >= 0.3 is 5.97 Å². The van der Waals surface area contributed by atoms with Gasteiger partial charge in [-0.1, -0.05) is 23.7 Å². The number of esters is 1. The van der Waals surface area contributed by atoms with E-state index < -0.39 is 15.8 Å². The van der Waals surface area contributed by atoms with Crippen molar-refractivity contribution < 1.29 is 27.5 Å². The second kappa shape index (κ2) is 10.9. The number of imide groups is 1. The fraction of sp³-hybridized carbons (Fsp3) is 0.360. The monoisotopic (exact) mass is 597 g/mol. The van der Waals surface area contributed by atoms with E-state index in [4.69, 9.17) is 21.3 Å². The van der Waals surface area contributed by atoms with Crippen molar-refractivity contribution in [2.75, 3.05) is 26.4 Å². The average molecular weight is 599 g/mol. The molecule has 4 heterocycles. The molecule has 0 spiro atoms. The molecule has 0 N–H and O–H groups in total. The zero-order valence-corrected chi connectivity index (χ0v) is 23.9. The van der Waals surface area contributed by atoms with Crippen LogP contribution in [0.5, 0.6) is 5.75 Å². The number of ether oxygens (including phenoxy) is 1. The Hall–Kier alpha value is -2.57. The molecular formula is C25H25Cl2N3O6S2. The summed E-state index contributed by atoms with van der Waals surface area (Å²) in [6, 6.07) is 6.89. The third-order valence-corrected chi connectivity index (χ3v) is 9.60. The molecule has 0 unspecified atom stereocenters. The molecule has 2 amide bonds. The highest BCUT2D eigenvalue weighted by Crippen LogP contribution is 2.45. The number of likely N-dealkylation sites (tertiary alicyclic amines) is 1. The lowest BCUT2D eigenvalue weighted by Crippen LogP contribution is -2.29. The van der Waals surface area contributed by atoms with Crippen molar-refractivity contribution in [1.82, 2.24) is 14.8 Å². The number of aryl methyl sites for hydroxylation is 1. The van der Waals surface area contributed by atoms with Gasteiger partial charge in [0.1, 0.15) is 10.6 Å². The number of halogens is 2. The summed E-state index contributed by atoms with van der Waals surface area (Å²) in [6.07, 6.45) is 0.667. The number of benzene rings is 1. The second-order valence-corrected chi connectivity index (χ2v) is 13.0. The fourth-order valence-corrected chi connectivity index (χ4v) is 7.96. The van der Waals surface area contributed by atoms with Crippen LogP contribution in [-0.2, 0) is 42.9 Å². The van der Waals surface area contributed by atoms with Gasteiger partial charge < -0.3 is 4.74 Å². The second-order valence-electron chi connectivity index (χ2n) is 9.38. The summed E-state index contributed by atoms with van der Waals surface area (Å²) in [4.78, 5) is 45.5. The maximum Gasteiger partial charge on any atom is 0.325 e. The molecule has 3 aromatic rings. The molecule has 5 rings (SSSR count). The summed E-state index contributed by atoms with van der Waals surface area (Å²) in [6.45, 7) is 0.0837. The van der Waals surface area contributed by atoms with Crippen LogP contribution in [0, 0.1) is 0 Å². The first-order valence-corrected chi connectivity index (χ1v) is 14.7. The number of sulfone groups is 1. The molecule has 0 radical (unpaired) electrons. The van der Waals surface area contributed by atoms with Crippen molar-refractivity contribution in [1.29, 1.82) is 0 Å². The number of amides is 2. The molecule has 13 heteroatoms. The minimum absolute atomic E-state index is 0. The zero-order valence-electron chi connectivity index (χ0n) is 20.7. The molecule has 0 saturated carbocycles. The van der Waals surface area contributed by atoms with Crippen molar-refractivity contribution in [3.05, 3.63) is 45.4 Å². The lowest BCUT2D eigenvalue weighted by atomic mass is 9.97. The first-order chi connectivity index (χ1) is 17.5. The molecule has 202 valence electrons. The van der Waals surface area contributed by atoms with E-state index >= 15 is 0 Å². The van der Waals surface area contributed by atoms with Gasteiger partial charge in [0.2, 0.25) is 11.8 Å². The SMILES string of the molecule is CN(C)CC(=O)Oc1ccc(-c2c(Cl)c(CN3C(=O)CCC3=O)nc3sc4c(c23)CCS(=O)(=O)C4)cc1.Cl. The lowest BCUT2D eigenvalue weighted by Gasteiger charge is -2.18. The molecule has 9 nitrogen and oxygen atoms in total. The first kappa shape index (κ1) is 28.4. The third kappa shape index (κ3) is 5.57. The Morgan fingerprint density at radius 1 is 1.13 bits per heavy atom. The van der Waals surface area contributed by atoms with Gasteiger partial charge in [0.05, 0.1) is 35.3 Å². The first-order valence-electron chi connectivity index (χ1n) is 11.6. The minimum Gasteiger partial charge on any atom is -0.426 e. The number of hydrogen-bond acceptors (Lipinski definition) is 9. The molecule has 0 atom stereocenters. The number of likely N-dealkylation sites (N-methyl/N-ethyl adjacent to an activating group) is 1. The van der Waals surface area contributed by atoms with E-state index in [2.05, 4.69) is 0 Å². The molecule has 0 aliphatic carbocycles. The van der Waals surface area contributed by atoms with Gasteiger partial charge in [-0.3, -0.25) is 24.2 Å². The number of thiophene rings is 1. The van der Waals surface area contributed by atoms with Crippen molar-refractivity contribution >= 4 is 73.2 Å². The molecule has 38 heavy (non-hydrogen) atoms. The van der Waals surface area contributed by atoms with Crippen LogP contribution in [0.1, 0.15) is 29.0 Å². The predicted molar refractivity (Wildman–Crippen MR) is 147 cm³/mol. The highest BCUT2D eigenvalue weighted by Gasteiger charge is 2.32. The highest BCUT2D eigenvalue weighted by atomic mass is 35.5. The van der Waals surface area contributed by atoms with Gasteiger partial charge in [-0.15, -0.1) is 23.7 Å². The summed E-state index contributed by atoms with van der Waals surface area (Å²) in [5.74, 6) is -0.571.